The number of benzene rings is 1. The highest BCUT2D eigenvalue weighted by molar-refractivity contribution is 8.00. The van der Waals surface area contributed by atoms with Crippen LogP contribution in [0.5, 0.6) is 0 Å². The van der Waals surface area contributed by atoms with Crippen LogP contribution in [0.15, 0.2) is 40.8 Å². The van der Waals surface area contributed by atoms with E-state index in [9.17, 15) is 4.79 Å². The number of hydrogen-bond acceptors (Lipinski definition) is 2. The molecule has 1 N–H and O–H groups in total. The van der Waals surface area contributed by atoms with Crippen LogP contribution in [0.4, 0.5) is 0 Å². The molecule has 4 heteroatoms. The molecular weight excluding hydrogens is 290 g/mol. The van der Waals surface area contributed by atoms with Gasteiger partial charge in [0.25, 0.3) is 0 Å². The summed E-state index contributed by atoms with van der Waals surface area (Å²) in [5.74, 6) is 0.557. The van der Waals surface area contributed by atoms with Crippen molar-refractivity contribution in [3.8, 4) is 0 Å². The summed E-state index contributed by atoms with van der Waals surface area (Å²) in [7, 11) is 0. The lowest BCUT2D eigenvalue weighted by Gasteiger charge is -2.12. The Labute approximate surface area is 130 Å². The van der Waals surface area contributed by atoms with Gasteiger partial charge in [0.05, 0.1) is 5.75 Å². The smallest absolute Gasteiger partial charge is 0.230 e. The largest absolute Gasteiger partial charge is 0.355 e. The first-order valence-corrected chi connectivity index (χ1v) is 8.43. The third kappa shape index (κ3) is 5.59. The molecule has 1 aliphatic rings. The van der Waals surface area contributed by atoms with Gasteiger partial charge in [-0.3, -0.25) is 4.79 Å². The van der Waals surface area contributed by atoms with Crippen molar-refractivity contribution in [2.75, 3.05) is 12.3 Å². The lowest BCUT2D eigenvalue weighted by Crippen LogP contribution is -2.26. The molecule has 0 unspecified atom stereocenters. The van der Waals surface area contributed by atoms with Gasteiger partial charge in [-0.25, -0.2) is 0 Å². The Morgan fingerprint density at radius 1 is 1.25 bits per heavy atom. The SMILES string of the molecule is O=C(CSc1ccc(Cl)cc1)NCCC1=CCCCC1. The van der Waals surface area contributed by atoms with E-state index in [0.29, 0.717) is 5.75 Å². The molecule has 20 heavy (non-hydrogen) atoms. The summed E-state index contributed by atoms with van der Waals surface area (Å²) in [5.41, 5.74) is 1.50. The number of nitrogens with one attached hydrogen (secondary N) is 1. The molecule has 0 spiro atoms. The van der Waals surface area contributed by atoms with E-state index in [1.807, 2.05) is 24.3 Å². The van der Waals surface area contributed by atoms with Crippen LogP contribution in [0, 0.1) is 0 Å². The summed E-state index contributed by atoms with van der Waals surface area (Å²) in [6.07, 6.45) is 8.35. The van der Waals surface area contributed by atoms with Crippen molar-refractivity contribution in [1.29, 1.82) is 0 Å². The lowest BCUT2D eigenvalue weighted by molar-refractivity contribution is -0.118. The summed E-state index contributed by atoms with van der Waals surface area (Å²) in [5, 5.41) is 3.71. The van der Waals surface area contributed by atoms with Crippen molar-refractivity contribution in [2.24, 2.45) is 0 Å². The number of rotatable bonds is 6. The van der Waals surface area contributed by atoms with E-state index in [1.165, 1.54) is 43.0 Å². The Kier molecular flexibility index (Phi) is 6.48. The molecule has 0 saturated carbocycles. The van der Waals surface area contributed by atoms with E-state index in [0.717, 1.165) is 22.9 Å². The highest BCUT2D eigenvalue weighted by Crippen LogP contribution is 2.21. The van der Waals surface area contributed by atoms with Crippen LogP contribution in [0.1, 0.15) is 32.1 Å². The molecule has 0 heterocycles. The molecule has 2 rings (SSSR count). The Morgan fingerprint density at radius 2 is 2.05 bits per heavy atom. The van der Waals surface area contributed by atoms with E-state index in [4.69, 9.17) is 11.6 Å². The predicted molar refractivity (Wildman–Crippen MR) is 86.4 cm³/mol. The van der Waals surface area contributed by atoms with Crippen molar-refractivity contribution in [3.63, 3.8) is 0 Å². The molecule has 0 aliphatic heterocycles. The van der Waals surface area contributed by atoms with Crippen LogP contribution in [0.3, 0.4) is 0 Å². The van der Waals surface area contributed by atoms with Crippen LogP contribution in [-0.2, 0) is 4.79 Å². The molecule has 0 saturated heterocycles. The Hall–Kier alpha value is -0.930. The topological polar surface area (TPSA) is 29.1 Å². The molecule has 0 atom stereocenters. The minimum Gasteiger partial charge on any atom is -0.355 e. The van der Waals surface area contributed by atoms with Gasteiger partial charge in [-0.05, 0) is 56.4 Å². The molecule has 0 radical (unpaired) electrons. The molecule has 108 valence electrons. The Morgan fingerprint density at radius 3 is 2.75 bits per heavy atom. The van der Waals surface area contributed by atoms with Crippen molar-refractivity contribution >= 4 is 29.3 Å². The first kappa shape index (κ1) is 15.5. The molecule has 1 aromatic carbocycles. The average molecular weight is 310 g/mol. The van der Waals surface area contributed by atoms with Gasteiger partial charge in [0.15, 0.2) is 0 Å². The van der Waals surface area contributed by atoms with E-state index in [1.54, 1.807) is 0 Å². The second-order valence-electron chi connectivity index (χ2n) is 4.95. The van der Waals surface area contributed by atoms with Gasteiger partial charge in [-0.1, -0.05) is 23.3 Å². The van der Waals surface area contributed by atoms with Gasteiger partial charge in [-0.2, -0.15) is 0 Å². The predicted octanol–water partition coefficient (Wildman–Crippen LogP) is 4.44. The fraction of sp³-hybridized carbons (Fsp3) is 0.438. The summed E-state index contributed by atoms with van der Waals surface area (Å²) >= 11 is 7.36. The maximum Gasteiger partial charge on any atom is 0.230 e. The van der Waals surface area contributed by atoms with Gasteiger partial charge < -0.3 is 5.32 Å². The van der Waals surface area contributed by atoms with E-state index in [2.05, 4.69) is 11.4 Å². The van der Waals surface area contributed by atoms with Crippen molar-refractivity contribution in [3.05, 3.63) is 40.9 Å². The number of allylic oxidation sites excluding steroid dienone is 1. The number of thioether (sulfide) groups is 1. The Bertz CT molecular complexity index is 470. The molecule has 0 bridgehead atoms. The third-order valence-electron chi connectivity index (χ3n) is 3.34. The number of carbonyl (C=O) groups is 1. The fourth-order valence-corrected chi connectivity index (χ4v) is 3.08. The van der Waals surface area contributed by atoms with Gasteiger partial charge in [0, 0.05) is 16.5 Å². The van der Waals surface area contributed by atoms with E-state index < -0.39 is 0 Å². The van der Waals surface area contributed by atoms with Crippen LogP contribution >= 0.6 is 23.4 Å². The number of carbonyl (C=O) groups excluding carboxylic acids is 1. The summed E-state index contributed by atoms with van der Waals surface area (Å²) in [4.78, 5) is 12.8. The molecule has 1 aliphatic carbocycles. The van der Waals surface area contributed by atoms with Crippen molar-refractivity contribution in [2.45, 2.75) is 37.0 Å². The standard InChI is InChI=1S/C16H20ClNOS/c17-14-6-8-15(9-7-14)20-12-16(19)18-11-10-13-4-2-1-3-5-13/h4,6-9H,1-3,5,10-12H2,(H,18,19). The van der Waals surface area contributed by atoms with Gasteiger partial charge in [0.2, 0.25) is 5.91 Å². The van der Waals surface area contributed by atoms with Crippen LogP contribution < -0.4 is 5.32 Å². The summed E-state index contributed by atoms with van der Waals surface area (Å²) in [6.45, 7) is 0.756. The second-order valence-corrected chi connectivity index (χ2v) is 6.44. The van der Waals surface area contributed by atoms with Crippen molar-refractivity contribution < 1.29 is 4.79 Å². The highest BCUT2D eigenvalue weighted by atomic mass is 35.5. The number of hydrogen-bond donors (Lipinski definition) is 1. The monoisotopic (exact) mass is 309 g/mol. The number of amides is 1. The minimum atomic E-state index is 0.0985. The second kappa shape index (κ2) is 8.38. The zero-order chi connectivity index (χ0) is 14.2. The van der Waals surface area contributed by atoms with Crippen LogP contribution in [-0.4, -0.2) is 18.2 Å². The molecule has 1 aromatic rings. The first-order valence-electron chi connectivity index (χ1n) is 7.07. The quantitative estimate of drug-likeness (QED) is 0.622. The van der Waals surface area contributed by atoms with E-state index in [-0.39, 0.29) is 5.91 Å². The maximum atomic E-state index is 11.7. The van der Waals surface area contributed by atoms with Crippen LogP contribution in [0.2, 0.25) is 5.02 Å². The van der Waals surface area contributed by atoms with Gasteiger partial charge >= 0.3 is 0 Å². The number of halogens is 1. The average Bonchev–Trinajstić information content (AvgIpc) is 2.48. The Balaban J connectivity index is 1.62. The molecule has 0 aromatic heterocycles. The summed E-state index contributed by atoms with van der Waals surface area (Å²) in [6, 6.07) is 7.56. The fourth-order valence-electron chi connectivity index (χ4n) is 2.22. The zero-order valence-electron chi connectivity index (χ0n) is 11.5. The molecule has 2 nitrogen and oxygen atoms in total. The lowest BCUT2D eigenvalue weighted by atomic mass is 9.97. The van der Waals surface area contributed by atoms with Gasteiger partial charge in [0.1, 0.15) is 0 Å². The molecule has 0 fully saturated rings. The first-order chi connectivity index (χ1) is 9.74. The minimum absolute atomic E-state index is 0.0985. The summed E-state index contributed by atoms with van der Waals surface area (Å²) < 4.78 is 0. The van der Waals surface area contributed by atoms with Gasteiger partial charge in [-0.15, -0.1) is 11.8 Å². The molecule has 1 amide bonds. The third-order valence-corrected chi connectivity index (χ3v) is 4.60. The normalized spacial score (nSPS) is 14.8. The van der Waals surface area contributed by atoms with Crippen molar-refractivity contribution in [1.82, 2.24) is 5.32 Å². The molecular formula is C16H20ClNOS. The van der Waals surface area contributed by atoms with Crippen LogP contribution in [0.25, 0.3) is 0 Å². The van der Waals surface area contributed by atoms with E-state index >= 15 is 0 Å². The highest BCUT2D eigenvalue weighted by Gasteiger charge is 2.05. The zero-order valence-corrected chi connectivity index (χ0v) is 13.1. The maximum absolute atomic E-state index is 11.7.